The van der Waals surface area contributed by atoms with Gasteiger partial charge in [-0.15, -0.1) is 0 Å². The molecule has 0 aliphatic heterocycles. The number of aromatic nitrogens is 2. The summed E-state index contributed by atoms with van der Waals surface area (Å²) in [6.45, 7) is 1.82. The second-order valence-corrected chi connectivity index (χ2v) is 5.43. The number of oxime groups is 1. The lowest BCUT2D eigenvalue weighted by Crippen LogP contribution is -2.14. The Bertz CT molecular complexity index is 621. The van der Waals surface area contributed by atoms with Gasteiger partial charge in [-0.05, 0) is 31.2 Å². The molecule has 2 aromatic rings. The smallest absolute Gasteiger partial charge is 0.174 e. The molecule has 0 amide bonds. The summed E-state index contributed by atoms with van der Waals surface area (Å²) in [6.07, 6.45) is 0. The van der Waals surface area contributed by atoms with Crippen molar-refractivity contribution in [3.63, 3.8) is 0 Å². The van der Waals surface area contributed by atoms with Crippen LogP contribution < -0.4 is 5.73 Å². The number of nitrogens with two attached hydrogens (primary N) is 1. The number of rotatable bonds is 3. The second kappa shape index (κ2) is 5.54. The predicted octanol–water partition coefficient (Wildman–Crippen LogP) is 2.63. The highest BCUT2D eigenvalue weighted by molar-refractivity contribution is 7.99. The molecule has 1 aromatic heterocycles. The average Bonchev–Trinajstić information content (AvgIpc) is 2.66. The maximum absolute atomic E-state index is 8.85. The van der Waals surface area contributed by atoms with Gasteiger partial charge in [0.2, 0.25) is 0 Å². The summed E-state index contributed by atoms with van der Waals surface area (Å²) in [7, 11) is 1.82. The van der Waals surface area contributed by atoms with Gasteiger partial charge in [0.05, 0.1) is 11.3 Å². The van der Waals surface area contributed by atoms with Crippen LogP contribution in [0.1, 0.15) is 11.3 Å². The van der Waals surface area contributed by atoms with Crippen molar-refractivity contribution in [1.82, 2.24) is 9.78 Å². The standard InChI is InChI=1S/C12H13ClN4OS/c1-7-10(11(14)16-18)12(17(2)15-7)19-9-5-3-8(13)4-6-9/h3-6,18H,1-2H3,(H2,14,16). The van der Waals surface area contributed by atoms with Crippen LogP contribution in [0.15, 0.2) is 39.3 Å². The number of nitrogens with zero attached hydrogens (tertiary/aromatic N) is 3. The van der Waals surface area contributed by atoms with Gasteiger partial charge < -0.3 is 10.9 Å². The van der Waals surface area contributed by atoms with E-state index in [0.29, 0.717) is 16.3 Å². The maximum atomic E-state index is 8.85. The van der Waals surface area contributed by atoms with Gasteiger partial charge in [-0.1, -0.05) is 28.5 Å². The van der Waals surface area contributed by atoms with Gasteiger partial charge in [0.15, 0.2) is 5.84 Å². The fourth-order valence-electron chi connectivity index (χ4n) is 1.71. The monoisotopic (exact) mass is 296 g/mol. The van der Waals surface area contributed by atoms with Gasteiger partial charge in [-0.25, -0.2) is 0 Å². The highest BCUT2D eigenvalue weighted by Gasteiger charge is 2.18. The Labute approximate surface area is 120 Å². The van der Waals surface area contributed by atoms with Crippen LogP contribution in [0.3, 0.4) is 0 Å². The highest BCUT2D eigenvalue weighted by atomic mass is 35.5. The van der Waals surface area contributed by atoms with Crippen molar-refractivity contribution >= 4 is 29.2 Å². The van der Waals surface area contributed by atoms with Crippen molar-refractivity contribution in [2.45, 2.75) is 16.8 Å². The maximum Gasteiger partial charge on any atom is 0.174 e. The quantitative estimate of drug-likeness (QED) is 0.395. The van der Waals surface area contributed by atoms with Crippen LogP contribution in [0.5, 0.6) is 0 Å². The minimum atomic E-state index is 0.0575. The van der Waals surface area contributed by atoms with Gasteiger partial charge >= 0.3 is 0 Å². The van der Waals surface area contributed by atoms with E-state index < -0.39 is 0 Å². The molecule has 0 fully saturated rings. The third-order valence-electron chi connectivity index (χ3n) is 2.56. The van der Waals surface area contributed by atoms with Crippen molar-refractivity contribution in [2.24, 2.45) is 17.9 Å². The van der Waals surface area contributed by atoms with E-state index in [0.717, 1.165) is 9.92 Å². The zero-order chi connectivity index (χ0) is 14.0. The van der Waals surface area contributed by atoms with Crippen LogP contribution in [0.2, 0.25) is 5.02 Å². The molecule has 0 radical (unpaired) electrons. The molecule has 7 heteroatoms. The summed E-state index contributed by atoms with van der Waals surface area (Å²) in [4.78, 5) is 0.999. The van der Waals surface area contributed by atoms with Crippen LogP contribution in [0.25, 0.3) is 0 Å². The van der Waals surface area contributed by atoms with Crippen molar-refractivity contribution < 1.29 is 5.21 Å². The van der Waals surface area contributed by atoms with Gasteiger partial charge in [0.25, 0.3) is 0 Å². The molecular formula is C12H13ClN4OS. The van der Waals surface area contributed by atoms with Crippen molar-refractivity contribution in [1.29, 1.82) is 0 Å². The lowest BCUT2D eigenvalue weighted by molar-refractivity contribution is 0.318. The SMILES string of the molecule is Cc1nn(C)c(Sc2ccc(Cl)cc2)c1C(N)=NO. The van der Waals surface area contributed by atoms with Crippen LogP contribution in [-0.4, -0.2) is 20.8 Å². The van der Waals surface area contributed by atoms with Crippen molar-refractivity contribution in [3.8, 4) is 0 Å². The molecule has 1 aromatic carbocycles. The van der Waals surface area contributed by atoms with E-state index in [-0.39, 0.29) is 5.84 Å². The summed E-state index contributed by atoms with van der Waals surface area (Å²) in [5.74, 6) is 0.0575. The first-order valence-electron chi connectivity index (χ1n) is 5.48. The van der Waals surface area contributed by atoms with E-state index in [9.17, 15) is 0 Å². The summed E-state index contributed by atoms with van der Waals surface area (Å²) >= 11 is 7.34. The van der Waals surface area contributed by atoms with Gasteiger partial charge in [-0.3, -0.25) is 4.68 Å². The second-order valence-electron chi connectivity index (χ2n) is 3.93. The Morgan fingerprint density at radius 2 is 2.05 bits per heavy atom. The third-order valence-corrected chi connectivity index (χ3v) is 3.98. The predicted molar refractivity (Wildman–Crippen MR) is 76.0 cm³/mol. The van der Waals surface area contributed by atoms with Gasteiger partial charge in [-0.2, -0.15) is 5.10 Å². The third kappa shape index (κ3) is 2.85. The summed E-state index contributed by atoms with van der Waals surface area (Å²) < 4.78 is 1.71. The average molecular weight is 297 g/mol. The molecule has 0 spiro atoms. The van der Waals surface area contributed by atoms with E-state index >= 15 is 0 Å². The Morgan fingerprint density at radius 3 is 2.63 bits per heavy atom. The van der Waals surface area contributed by atoms with Gasteiger partial charge in [0, 0.05) is 17.0 Å². The molecule has 0 saturated heterocycles. The fraction of sp³-hybridized carbons (Fsp3) is 0.167. The summed E-state index contributed by atoms with van der Waals surface area (Å²) in [5, 5.41) is 17.7. The van der Waals surface area contributed by atoms with E-state index in [1.165, 1.54) is 11.8 Å². The molecule has 3 N–H and O–H groups in total. The Kier molecular flexibility index (Phi) is 4.01. The lowest BCUT2D eigenvalue weighted by atomic mass is 10.2. The van der Waals surface area contributed by atoms with Crippen molar-refractivity contribution in [3.05, 3.63) is 40.5 Å². The number of hydrogen-bond acceptors (Lipinski definition) is 4. The Morgan fingerprint density at radius 1 is 1.42 bits per heavy atom. The summed E-state index contributed by atoms with van der Waals surface area (Å²) in [5.41, 5.74) is 7.06. The normalized spacial score (nSPS) is 11.8. The molecule has 0 aliphatic rings. The number of benzene rings is 1. The molecular weight excluding hydrogens is 284 g/mol. The number of hydrogen-bond donors (Lipinski definition) is 2. The molecule has 0 bridgehead atoms. The zero-order valence-corrected chi connectivity index (χ0v) is 12.0. The minimum absolute atomic E-state index is 0.0575. The van der Waals surface area contributed by atoms with Crippen LogP contribution in [0.4, 0.5) is 0 Å². The molecule has 19 heavy (non-hydrogen) atoms. The molecule has 0 aliphatic carbocycles. The summed E-state index contributed by atoms with van der Waals surface area (Å²) in [6, 6.07) is 7.45. The largest absolute Gasteiger partial charge is 0.409 e. The van der Waals surface area contributed by atoms with Gasteiger partial charge in [0.1, 0.15) is 5.03 Å². The molecule has 0 unspecified atom stereocenters. The molecule has 2 rings (SSSR count). The fourth-order valence-corrected chi connectivity index (χ4v) is 2.86. The lowest BCUT2D eigenvalue weighted by Gasteiger charge is -2.05. The first-order valence-corrected chi connectivity index (χ1v) is 6.67. The Hall–Kier alpha value is -1.66. The first kappa shape index (κ1) is 13.8. The minimum Gasteiger partial charge on any atom is -0.409 e. The zero-order valence-electron chi connectivity index (χ0n) is 10.5. The topological polar surface area (TPSA) is 76.4 Å². The molecule has 0 atom stereocenters. The van der Waals surface area contributed by atoms with E-state index in [1.54, 1.807) is 4.68 Å². The Balaban J connectivity index is 2.42. The number of aryl methyl sites for hydroxylation is 2. The molecule has 1 heterocycles. The number of halogens is 1. The van der Waals surface area contributed by atoms with Crippen molar-refractivity contribution in [2.75, 3.05) is 0 Å². The van der Waals surface area contributed by atoms with Crippen LogP contribution >= 0.6 is 23.4 Å². The first-order chi connectivity index (χ1) is 9.02. The van der Waals surface area contributed by atoms with Crippen LogP contribution in [-0.2, 0) is 7.05 Å². The van der Waals surface area contributed by atoms with E-state index in [1.807, 2.05) is 38.2 Å². The van der Waals surface area contributed by atoms with E-state index in [4.69, 9.17) is 22.5 Å². The van der Waals surface area contributed by atoms with Crippen LogP contribution in [0, 0.1) is 6.92 Å². The molecule has 0 saturated carbocycles. The molecule has 5 nitrogen and oxygen atoms in total. The highest BCUT2D eigenvalue weighted by Crippen LogP contribution is 2.32. The molecule has 100 valence electrons. The number of amidine groups is 1. The van der Waals surface area contributed by atoms with E-state index in [2.05, 4.69) is 10.3 Å².